The van der Waals surface area contributed by atoms with Gasteiger partial charge < -0.3 is 16.0 Å². The molecule has 0 saturated heterocycles. The molecule has 1 aromatic carbocycles. The van der Waals surface area contributed by atoms with Crippen LogP contribution < -0.4 is 20.6 Å². The highest BCUT2D eigenvalue weighted by molar-refractivity contribution is 7.89. The van der Waals surface area contributed by atoms with Crippen LogP contribution in [0.5, 0.6) is 0 Å². The van der Waals surface area contributed by atoms with Gasteiger partial charge in [0.25, 0.3) is 0 Å². The van der Waals surface area contributed by atoms with Crippen molar-refractivity contribution in [3.63, 3.8) is 0 Å². The van der Waals surface area contributed by atoms with Crippen molar-refractivity contribution < 1.29 is 8.42 Å². The molecule has 0 bridgehead atoms. The molecule has 7 nitrogen and oxygen atoms in total. The van der Waals surface area contributed by atoms with Crippen molar-refractivity contribution in [2.45, 2.75) is 18.4 Å². The van der Waals surface area contributed by atoms with Gasteiger partial charge in [-0.15, -0.1) is 0 Å². The molecule has 0 spiro atoms. The molecule has 2 rings (SSSR count). The molecule has 0 aliphatic rings. The van der Waals surface area contributed by atoms with E-state index in [0.717, 1.165) is 11.3 Å². The molecule has 0 saturated carbocycles. The molecule has 0 radical (unpaired) electrons. The average Bonchev–Trinajstić information content (AvgIpc) is 2.83. The zero-order chi connectivity index (χ0) is 15.5. The fraction of sp³-hybridized carbons (Fsp3) is 0.250. The Morgan fingerprint density at radius 2 is 2.14 bits per heavy atom. The molecule has 0 unspecified atom stereocenters. The van der Waals surface area contributed by atoms with Crippen LogP contribution in [0.4, 0.5) is 11.4 Å². The van der Waals surface area contributed by atoms with E-state index >= 15 is 0 Å². The van der Waals surface area contributed by atoms with Crippen LogP contribution in [-0.4, -0.2) is 19.9 Å². The van der Waals surface area contributed by atoms with Crippen LogP contribution in [0.1, 0.15) is 12.6 Å². The second kappa shape index (κ2) is 6.29. The summed E-state index contributed by atoms with van der Waals surface area (Å²) < 4.78 is 26.3. The molecule has 0 amide bonds. The summed E-state index contributed by atoms with van der Waals surface area (Å²) in [5.41, 5.74) is 7.48. The number of H-pyrrole nitrogens is 1. The van der Waals surface area contributed by atoms with Crippen molar-refractivity contribution >= 4 is 32.7 Å². The minimum absolute atomic E-state index is 0.136. The lowest BCUT2D eigenvalue weighted by Gasteiger charge is -2.11. The Labute approximate surface area is 126 Å². The number of nitrogens with two attached hydrogens (primary N) is 1. The highest BCUT2D eigenvalue weighted by Gasteiger charge is 2.14. The summed E-state index contributed by atoms with van der Waals surface area (Å²) in [5, 5.41) is 4.72. The first-order valence-electron chi connectivity index (χ1n) is 6.22. The number of anilines is 2. The molecule has 2 aromatic rings. The van der Waals surface area contributed by atoms with Crippen molar-refractivity contribution in [2.75, 3.05) is 17.6 Å². The molecular formula is C12H16N4O3S2. The van der Waals surface area contributed by atoms with E-state index in [4.69, 9.17) is 5.73 Å². The van der Waals surface area contributed by atoms with Crippen LogP contribution in [0.2, 0.25) is 0 Å². The second-order valence-electron chi connectivity index (χ2n) is 4.28. The molecule has 0 aliphatic heterocycles. The third-order valence-electron chi connectivity index (χ3n) is 2.71. The number of benzene rings is 1. The normalized spacial score (nSPS) is 11.5. The Bertz CT molecular complexity index is 780. The molecule has 114 valence electrons. The fourth-order valence-corrected chi connectivity index (χ4v) is 3.37. The van der Waals surface area contributed by atoms with Crippen molar-refractivity contribution in [1.82, 2.24) is 9.71 Å². The van der Waals surface area contributed by atoms with Gasteiger partial charge in [-0.25, -0.2) is 13.1 Å². The van der Waals surface area contributed by atoms with Gasteiger partial charge in [-0.05, 0) is 18.2 Å². The van der Waals surface area contributed by atoms with E-state index in [1.807, 2.05) is 0 Å². The molecule has 0 fully saturated rings. The molecule has 9 heteroatoms. The number of sulfonamides is 1. The first-order chi connectivity index (χ1) is 9.92. The van der Waals surface area contributed by atoms with Crippen molar-refractivity contribution in [2.24, 2.45) is 0 Å². The highest BCUT2D eigenvalue weighted by Crippen LogP contribution is 2.23. The van der Waals surface area contributed by atoms with E-state index in [1.54, 1.807) is 12.3 Å². The molecule has 0 atom stereocenters. The van der Waals surface area contributed by atoms with Crippen LogP contribution in [0.25, 0.3) is 0 Å². The topological polar surface area (TPSA) is 117 Å². The van der Waals surface area contributed by atoms with Gasteiger partial charge in [0.05, 0.1) is 22.8 Å². The van der Waals surface area contributed by atoms with E-state index in [9.17, 15) is 13.2 Å². The van der Waals surface area contributed by atoms with Gasteiger partial charge in [-0.3, -0.25) is 4.79 Å². The Morgan fingerprint density at radius 3 is 2.76 bits per heavy atom. The molecular weight excluding hydrogens is 312 g/mol. The number of aromatic amines is 1. The summed E-state index contributed by atoms with van der Waals surface area (Å²) in [7, 11) is -3.53. The molecule has 1 aromatic heterocycles. The number of nitrogens with one attached hydrogen (secondary N) is 3. The second-order valence-corrected chi connectivity index (χ2v) is 6.89. The molecule has 0 aliphatic carbocycles. The van der Waals surface area contributed by atoms with Gasteiger partial charge in [0.2, 0.25) is 10.0 Å². The minimum atomic E-state index is -3.53. The van der Waals surface area contributed by atoms with Crippen LogP contribution in [0.15, 0.2) is 33.3 Å². The number of hydrogen-bond acceptors (Lipinski definition) is 6. The summed E-state index contributed by atoms with van der Waals surface area (Å²) in [5.74, 6) is 0. The quantitative estimate of drug-likeness (QED) is 0.589. The SMILES string of the molecule is CCNS(=O)(=O)c1ccc(N)c(NCc2csc(=O)[nH]2)c1. The third-order valence-corrected chi connectivity index (χ3v) is 4.97. The van der Waals surface area contributed by atoms with Crippen molar-refractivity contribution in [3.05, 3.63) is 38.9 Å². The predicted molar refractivity (Wildman–Crippen MR) is 84.0 cm³/mol. The molecule has 21 heavy (non-hydrogen) atoms. The zero-order valence-electron chi connectivity index (χ0n) is 11.3. The number of nitrogen functional groups attached to an aromatic ring is 1. The number of aromatic nitrogens is 1. The van der Waals surface area contributed by atoms with Gasteiger partial charge >= 0.3 is 4.87 Å². The summed E-state index contributed by atoms with van der Waals surface area (Å²) in [6.45, 7) is 2.38. The van der Waals surface area contributed by atoms with E-state index in [2.05, 4.69) is 15.0 Å². The maximum absolute atomic E-state index is 11.9. The Kier molecular flexibility index (Phi) is 4.66. The summed E-state index contributed by atoms with van der Waals surface area (Å²) >= 11 is 1.07. The number of thiazole rings is 1. The van der Waals surface area contributed by atoms with Crippen LogP contribution in [0, 0.1) is 0 Å². The Morgan fingerprint density at radius 1 is 1.38 bits per heavy atom. The largest absolute Gasteiger partial charge is 0.397 e. The van der Waals surface area contributed by atoms with E-state index in [0.29, 0.717) is 30.2 Å². The van der Waals surface area contributed by atoms with Gasteiger partial charge in [0.15, 0.2) is 0 Å². The third kappa shape index (κ3) is 3.84. The first kappa shape index (κ1) is 15.5. The van der Waals surface area contributed by atoms with Crippen LogP contribution in [0.3, 0.4) is 0 Å². The lowest BCUT2D eigenvalue weighted by Crippen LogP contribution is -2.23. The van der Waals surface area contributed by atoms with Gasteiger partial charge in [-0.1, -0.05) is 18.3 Å². The lowest BCUT2D eigenvalue weighted by atomic mass is 10.2. The maximum atomic E-state index is 11.9. The molecule has 5 N–H and O–H groups in total. The smallest absolute Gasteiger partial charge is 0.304 e. The van der Waals surface area contributed by atoms with E-state index < -0.39 is 10.0 Å². The van der Waals surface area contributed by atoms with Gasteiger partial charge in [0.1, 0.15) is 0 Å². The highest BCUT2D eigenvalue weighted by atomic mass is 32.2. The first-order valence-corrected chi connectivity index (χ1v) is 8.58. The summed E-state index contributed by atoms with van der Waals surface area (Å²) in [4.78, 5) is 13.7. The zero-order valence-corrected chi connectivity index (χ0v) is 13.0. The number of hydrogen-bond donors (Lipinski definition) is 4. The van der Waals surface area contributed by atoms with Gasteiger partial charge in [0, 0.05) is 17.6 Å². The Balaban J connectivity index is 2.21. The summed E-state index contributed by atoms with van der Waals surface area (Å²) in [6, 6.07) is 4.45. The monoisotopic (exact) mass is 328 g/mol. The van der Waals surface area contributed by atoms with Crippen molar-refractivity contribution in [1.29, 1.82) is 0 Å². The average molecular weight is 328 g/mol. The fourth-order valence-electron chi connectivity index (χ4n) is 1.72. The maximum Gasteiger partial charge on any atom is 0.304 e. The van der Waals surface area contributed by atoms with E-state index in [-0.39, 0.29) is 9.77 Å². The summed E-state index contributed by atoms with van der Waals surface area (Å²) in [6.07, 6.45) is 0. The standard InChI is InChI=1S/C12H16N4O3S2/c1-2-15-21(18,19)9-3-4-10(13)11(5-9)14-6-8-7-20-12(17)16-8/h3-5,7,14-15H,2,6,13H2,1H3,(H,16,17). The molecule has 1 heterocycles. The lowest BCUT2D eigenvalue weighted by molar-refractivity contribution is 0.584. The van der Waals surface area contributed by atoms with Gasteiger partial charge in [-0.2, -0.15) is 0 Å². The van der Waals surface area contributed by atoms with Crippen LogP contribution in [-0.2, 0) is 16.6 Å². The number of rotatable bonds is 6. The van der Waals surface area contributed by atoms with E-state index in [1.165, 1.54) is 18.2 Å². The van der Waals surface area contributed by atoms with Crippen LogP contribution >= 0.6 is 11.3 Å². The minimum Gasteiger partial charge on any atom is -0.397 e. The Hall–Kier alpha value is -1.84. The predicted octanol–water partition coefficient (Wildman–Crippen LogP) is 0.929. The van der Waals surface area contributed by atoms with Crippen molar-refractivity contribution in [3.8, 4) is 0 Å².